The van der Waals surface area contributed by atoms with Gasteiger partial charge in [0, 0.05) is 10.8 Å². The van der Waals surface area contributed by atoms with Crippen molar-refractivity contribution in [3.05, 3.63) is 83.0 Å². The Morgan fingerprint density at radius 2 is 1.79 bits per heavy atom. The van der Waals surface area contributed by atoms with E-state index >= 15 is 0 Å². The summed E-state index contributed by atoms with van der Waals surface area (Å²) in [5, 5.41) is 3.66. The summed E-state index contributed by atoms with van der Waals surface area (Å²) in [7, 11) is 0. The third kappa shape index (κ3) is 3.51. The third-order valence-corrected chi connectivity index (χ3v) is 4.78. The number of hydrogen-bond acceptors (Lipinski definition) is 4. The molecule has 0 fully saturated rings. The molecule has 0 N–H and O–H groups in total. The van der Waals surface area contributed by atoms with Crippen molar-refractivity contribution in [1.29, 1.82) is 0 Å². The molecule has 0 atom stereocenters. The van der Waals surface area contributed by atoms with Crippen LogP contribution in [0.25, 0.3) is 21.7 Å². The Hall–Kier alpha value is -3.11. The Kier molecular flexibility index (Phi) is 5.13. The van der Waals surface area contributed by atoms with Crippen LogP contribution in [-0.4, -0.2) is 17.6 Å². The summed E-state index contributed by atoms with van der Waals surface area (Å²) < 4.78 is 11.0. The number of benzene rings is 3. The summed E-state index contributed by atoms with van der Waals surface area (Å²) in [4.78, 5) is 16.9. The van der Waals surface area contributed by atoms with Gasteiger partial charge in [0.15, 0.2) is 0 Å². The van der Waals surface area contributed by atoms with E-state index in [2.05, 4.69) is 0 Å². The van der Waals surface area contributed by atoms with E-state index in [0.29, 0.717) is 28.6 Å². The maximum absolute atomic E-state index is 12.1. The quantitative estimate of drug-likeness (QED) is 0.319. The van der Waals surface area contributed by atoms with Gasteiger partial charge >= 0.3 is 5.97 Å². The molecule has 140 valence electrons. The number of nitrogens with zero attached hydrogens (tertiary/aromatic N) is 1. The van der Waals surface area contributed by atoms with Crippen LogP contribution in [0.1, 0.15) is 23.0 Å². The van der Waals surface area contributed by atoms with E-state index in [0.717, 1.165) is 21.7 Å². The van der Waals surface area contributed by atoms with Crippen LogP contribution in [0.5, 0.6) is 5.75 Å². The first-order chi connectivity index (χ1) is 13.7. The van der Waals surface area contributed by atoms with Crippen LogP contribution in [0.4, 0.5) is 0 Å². The van der Waals surface area contributed by atoms with Crippen LogP contribution in [0.2, 0.25) is 5.02 Å². The molecule has 0 saturated heterocycles. The number of esters is 1. The zero-order valence-electron chi connectivity index (χ0n) is 15.3. The summed E-state index contributed by atoms with van der Waals surface area (Å²) in [6.45, 7) is 2.27. The van der Waals surface area contributed by atoms with E-state index in [4.69, 9.17) is 26.1 Å². The molecule has 1 aromatic heterocycles. The van der Waals surface area contributed by atoms with Crippen molar-refractivity contribution < 1.29 is 14.3 Å². The molecular weight excluding hydrogens is 374 g/mol. The third-order valence-electron chi connectivity index (χ3n) is 4.46. The first kappa shape index (κ1) is 18.3. The molecule has 0 radical (unpaired) electrons. The van der Waals surface area contributed by atoms with Gasteiger partial charge in [-0.25, -0.2) is 9.78 Å². The minimum Gasteiger partial charge on any atom is -0.486 e. The number of rotatable bonds is 5. The van der Waals surface area contributed by atoms with Crippen molar-refractivity contribution in [1.82, 2.24) is 4.98 Å². The highest BCUT2D eigenvalue weighted by atomic mass is 35.5. The molecule has 0 amide bonds. The molecule has 3 aromatic carbocycles. The number of pyridine rings is 1. The molecule has 0 spiro atoms. The van der Waals surface area contributed by atoms with Crippen molar-refractivity contribution in [2.75, 3.05) is 6.61 Å². The van der Waals surface area contributed by atoms with Crippen molar-refractivity contribution in [2.45, 2.75) is 13.5 Å². The highest BCUT2D eigenvalue weighted by Gasteiger charge is 2.14. The molecule has 0 saturated carbocycles. The molecule has 0 aliphatic carbocycles. The van der Waals surface area contributed by atoms with Crippen LogP contribution in [0.3, 0.4) is 0 Å². The first-order valence-electron chi connectivity index (χ1n) is 9.03. The maximum Gasteiger partial charge on any atom is 0.341 e. The van der Waals surface area contributed by atoms with Gasteiger partial charge in [-0.2, -0.15) is 0 Å². The zero-order valence-corrected chi connectivity index (χ0v) is 16.1. The van der Waals surface area contributed by atoms with E-state index in [-0.39, 0.29) is 6.61 Å². The summed E-state index contributed by atoms with van der Waals surface area (Å²) in [6.07, 6.45) is 0. The molecule has 0 aliphatic heterocycles. The lowest BCUT2D eigenvalue weighted by Crippen LogP contribution is -2.08. The number of ether oxygens (including phenoxy) is 2. The van der Waals surface area contributed by atoms with E-state index in [1.165, 1.54) is 0 Å². The average Bonchev–Trinajstić information content (AvgIpc) is 2.72. The van der Waals surface area contributed by atoms with Gasteiger partial charge in [-0.15, -0.1) is 0 Å². The fourth-order valence-electron chi connectivity index (χ4n) is 3.16. The summed E-state index contributed by atoms with van der Waals surface area (Å²) >= 11 is 6.50. The van der Waals surface area contributed by atoms with E-state index in [9.17, 15) is 4.79 Å². The average molecular weight is 392 g/mol. The Labute approximate surface area is 167 Å². The van der Waals surface area contributed by atoms with Crippen molar-refractivity contribution in [3.8, 4) is 5.75 Å². The molecule has 0 aliphatic rings. The number of para-hydroxylation sites is 1. The van der Waals surface area contributed by atoms with Crippen LogP contribution in [0.15, 0.2) is 66.7 Å². The number of carbonyl (C=O) groups is 1. The predicted octanol–water partition coefficient (Wildman–Crippen LogP) is 5.80. The zero-order chi connectivity index (χ0) is 19.5. The molecule has 5 heteroatoms. The van der Waals surface area contributed by atoms with Gasteiger partial charge in [0.05, 0.1) is 22.8 Å². The van der Waals surface area contributed by atoms with E-state index in [1.807, 2.05) is 42.5 Å². The SMILES string of the molecule is CCOC(=O)c1ccccc1OCc1cc(Cl)c2ccc3ccccc3c2n1. The fourth-order valence-corrected chi connectivity index (χ4v) is 3.44. The normalized spacial score (nSPS) is 10.9. The van der Waals surface area contributed by atoms with Crippen molar-refractivity contribution >= 4 is 39.2 Å². The highest BCUT2D eigenvalue weighted by Crippen LogP contribution is 2.30. The monoisotopic (exact) mass is 391 g/mol. The lowest BCUT2D eigenvalue weighted by Gasteiger charge is -2.12. The second-order valence-corrected chi connectivity index (χ2v) is 6.69. The van der Waals surface area contributed by atoms with Crippen LogP contribution >= 0.6 is 11.6 Å². The predicted molar refractivity (Wildman–Crippen MR) is 111 cm³/mol. The second-order valence-electron chi connectivity index (χ2n) is 6.28. The fraction of sp³-hybridized carbons (Fsp3) is 0.130. The van der Waals surface area contributed by atoms with Gasteiger partial charge < -0.3 is 9.47 Å². The molecule has 4 nitrogen and oxygen atoms in total. The second kappa shape index (κ2) is 7.87. The van der Waals surface area contributed by atoms with Crippen LogP contribution in [0, 0.1) is 0 Å². The van der Waals surface area contributed by atoms with Gasteiger partial charge in [0.25, 0.3) is 0 Å². The van der Waals surface area contributed by atoms with Gasteiger partial charge in [-0.1, -0.05) is 60.1 Å². The molecular formula is C23H18ClNO3. The summed E-state index contributed by atoms with van der Waals surface area (Å²) in [5.41, 5.74) is 1.91. The molecule has 4 rings (SSSR count). The molecule has 1 heterocycles. The molecule has 28 heavy (non-hydrogen) atoms. The van der Waals surface area contributed by atoms with Crippen LogP contribution < -0.4 is 4.74 Å². The topological polar surface area (TPSA) is 48.4 Å². The van der Waals surface area contributed by atoms with Crippen molar-refractivity contribution in [3.63, 3.8) is 0 Å². The molecule has 0 bridgehead atoms. The van der Waals surface area contributed by atoms with Gasteiger partial charge in [0.1, 0.15) is 17.9 Å². The smallest absolute Gasteiger partial charge is 0.341 e. The van der Waals surface area contributed by atoms with Crippen molar-refractivity contribution in [2.24, 2.45) is 0 Å². The number of aromatic nitrogens is 1. The van der Waals surface area contributed by atoms with Gasteiger partial charge in [-0.3, -0.25) is 0 Å². The van der Waals surface area contributed by atoms with E-state index < -0.39 is 5.97 Å². The lowest BCUT2D eigenvalue weighted by atomic mass is 10.1. The number of halogens is 1. The number of hydrogen-bond donors (Lipinski definition) is 0. The summed E-state index contributed by atoms with van der Waals surface area (Å²) in [6, 6.07) is 20.9. The largest absolute Gasteiger partial charge is 0.486 e. The standard InChI is InChI=1S/C23H18ClNO3/c1-2-27-23(26)19-9-5-6-10-21(19)28-14-16-13-20(24)18-12-11-15-7-3-4-8-17(15)22(18)25-16/h3-13H,2,14H2,1H3. The Balaban J connectivity index is 1.68. The van der Waals surface area contributed by atoms with E-state index in [1.54, 1.807) is 31.2 Å². The van der Waals surface area contributed by atoms with Gasteiger partial charge in [0.2, 0.25) is 0 Å². The molecule has 4 aromatic rings. The molecule has 0 unspecified atom stereocenters. The summed E-state index contributed by atoms with van der Waals surface area (Å²) in [5.74, 6) is 0.0467. The van der Waals surface area contributed by atoms with Crippen LogP contribution in [-0.2, 0) is 11.3 Å². The Morgan fingerprint density at radius 3 is 2.64 bits per heavy atom. The van der Waals surface area contributed by atoms with Gasteiger partial charge in [-0.05, 0) is 30.5 Å². The minimum atomic E-state index is -0.409. The Morgan fingerprint density at radius 1 is 1.00 bits per heavy atom. The highest BCUT2D eigenvalue weighted by molar-refractivity contribution is 6.36. The number of fused-ring (bicyclic) bond motifs is 3. The lowest BCUT2D eigenvalue weighted by molar-refractivity contribution is 0.0521. The maximum atomic E-state index is 12.1. The Bertz CT molecular complexity index is 1170. The number of carbonyl (C=O) groups excluding carboxylic acids is 1. The minimum absolute atomic E-state index is 0.190. The first-order valence-corrected chi connectivity index (χ1v) is 9.41.